The predicted octanol–water partition coefficient (Wildman–Crippen LogP) is 2.38. The van der Waals surface area contributed by atoms with Gasteiger partial charge in [-0.1, -0.05) is 48.8 Å². The Balaban J connectivity index is 1.84. The largest absolute Gasteiger partial charge is 0.445 e. The van der Waals surface area contributed by atoms with Crippen LogP contribution in [0.5, 0.6) is 0 Å². The van der Waals surface area contributed by atoms with Crippen molar-refractivity contribution in [3.8, 4) is 0 Å². The Morgan fingerprint density at radius 1 is 1.28 bits per heavy atom. The molecule has 3 rings (SSSR count). The number of aryl methyl sites for hydroxylation is 1. The van der Waals surface area contributed by atoms with Gasteiger partial charge in [-0.2, -0.15) is 9.48 Å². The van der Waals surface area contributed by atoms with E-state index in [0.29, 0.717) is 16.7 Å². The van der Waals surface area contributed by atoms with Crippen LogP contribution < -0.4 is 5.32 Å². The van der Waals surface area contributed by atoms with Gasteiger partial charge in [-0.25, -0.2) is 9.79 Å². The summed E-state index contributed by atoms with van der Waals surface area (Å²) in [5, 5.41) is 3.36. The first-order valence-electron chi connectivity index (χ1n) is 9.28. The van der Waals surface area contributed by atoms with Crippen LogP contribution in [-0.4, -0.2) is 63.9 Å². The minimum Gasteiger partial charge on any atom is -0.325 e. The van der Waals surface area contributed by atoms with Crippen molar-refractivity contribution in [2.24, 2.45) is 21.8 Å². The molecule has 1 N–H and O–H groups in total. The number of carbonyl (C=O) groups excluding carboxylic acids is 3. The number of hydrogen-bond donors (Lipinski definition) is 1. The second-order valence-electron chi connectivity index (χ2n) is 7.26. The Kier molecular flexibility index (Phi) is 5.97. The number of rotatable bonds is 4. The van der Waals surface area contributed by atoms with Crippen molar-refractivity contribution in [1.29, 1.82) is 0 Å². The van der Waals surface area contributed by atoms with Crippen LogP contribution in [0.25, 0.3) is 0 Å². The van der Waals surface area contributed by atoms with Gasteiger partial charge in [0, 0.05) is 11.6 Å². The first-order valence-corrected chi connectivity index (χ1v) is 10.3. The maximum atomic E-state index is 12.8. The minimum absolute atomic E-state index is 0.0121. The lowest BCUT2D eigenvalue weighted by atomic mass is 10.0. The summed E-state index contributed by atoms with van der Waals surface area (Å²) in [6.45, 7) is 5.80. The molecule has 0 aromatic heterocycles. The molecule has 0 radical (unpaired) electrons. The third-order valence-electron chi connectivity index (χ3n) is 4.74. The summed E-state index contributed by atoms with van der Waals surface area (Å²) in [6, 6.07) is 7.09. The summed E-state index contributed by atoms with van der Waals surface area (Å²) >= 11 is 1.20. The molecule has 152 valence electrons. The molecular weight excluding hydrogens is 390 g/mol. The number of aliphatic imine (C=N–C) groups is 2. The van der Waals surface area contributed by atoms with Crippen LogP contribution in [0.15, 0.2) is 34.3 Å². The maximum Gasteiger partial charge on any atom is 0.445 e. The number of nitrogens with zero attached hydrogens (tertiary/aromatic N) is 4. The van der Waals surface area contributed by atoms with Crippen LogP contribution in [0.1, 0.15) is 19.4 Å². The molecule has 2 aliphatic rings. The van der Waals surface area contributed by atoms with E-state index < -0.39 is 11.9 Å². The molecule has 1 unspecified atom stereocenters. The number of benzene rings is 1. The third-order valence-corrected chi connectivity index (χ3v) is 5.77. The lowest BCUT2D eigenvalue weighted by Crippen LogP contribution is -2.55. The first kappa shape index (κ1) is 20.9. The van der Waals surface area contributed by atoms with Gasteiger partial charge in [-0.15, -0.1) is 0 Å². The van der Waals surface area contributed by atoms with Crippen LogP contribution >= 0.6 is 11.8 Å². The minimum atomic E-state index is -0.776. The van der Waals surface area contributed by atoms with Crippen molar-refractivity contribution in [1.82, 2.24) is 4.90 Å². The Hall–Kier alpha value is -2.81. The molecule has 1 aromatic carbocycles. The standard InChI is InChI=1S/C20H23N5O3S/c1-11(2)16-22-17-15(19(27)25(5)20(28)24(17)4)18(23-16)29-10-14(26)21-13-9-7-6-8-12(13)3/h6-9,11,15H,10H2,1-5H3/p+1. The maximum absolute atomic E-state index is 12.8. The zero-order valence-corrected chi connectivity index (χ0v) is 17.9. The molecule has 0 bridgehead atoms. The van der Waals surface area contributed by atoms with Crippen molar-refractivity contribution in [3.63, 3.8) is 0 Å². The molecule has 8 nitrogen and oxygen atoms in total. The van der Waals surface area contributed by atoms with E-state index in [1.54, 1.807) is 7.05 Å². The zero-order valence-electron chi connectivity index (χ0n) is 17.1. The average Bonchev–Trinajstić information content (AvgIpc) is 2.70. The van der Waals surface area contributed by atoms with Crippen LogP contribution in [0.2, 0.25) is 0 Å². The summed E-state index contributed by atoms with van der Waals surface area (Å²) in [6.07, 6.45) is 0. The number of nitrogens with one attached hydrogen (secondary N) is 1. The van der Waals surface area contributed by atoms with E-state index in [0.717, 1.165) is 16.2 Å². The molecular formula is C20H24N5O3S+. The normalized spacial score (nSPS) is 19.2. The Bertz CT molecular complexity index is 980. The van der Waals surface area contributed by atoms with Gasteiger partial charge in [0.05, 0.1) is 19.8 Å². The van der Waals surface area contributed by atoms with Gasteiger partial charge in [-0.05, 0) is 18.6 Å². The second kappa shape index (κ2) is 8.28. The molecule has 29 heavy (non-hydrogen) atoms. The number of fused-ring (bicyclic) bond motifs is 1. The van der Waals surface area contributed by atoms with E-state index >= 15 is 0 Å². The number of imide groups is 1. The van der Waals surface area contributed by atoms with E-state index in [1.807, 2.05) is 45.0 Å². The number of amides is 4. The van der Waals surface area contributed by atoms with Crippen molar-refractivity contribution in [2.75, 3.05) is 25.2 Å². The fourth-order valence-corrected chi connectivity index (χ4v) is 3.89. The number of anilines is 1. The van der Waals surface area contributed by atoms with E-state index in [9.17, 15) is 14.4 Å². The summed E-state index contributed by atoms with van der Waals surface area (Å²) in [5.41, 5.74) is 1.72. The smallest absolute Gasteiger partial charge is 0.325 e. The molecule has 2 aliphatic heterocycles. The number of thioether (sulfide) groups is 1. The fraction of sp³-hybridized carbons (Fsp3) is 0.400. The van der Waals surface area contributed by atoms with Gasteiger partial charge in [0.1, 0.15) is 5.04 Å². The van der Waals surface area contributed by atoms with Crippen LogP contribution in [0.4, 0.5) is 10.5 Å². The molecule has 0 aliphatic carbocycles. The summed E-state index contributed by atoms with van der Waals surface area (Å²) < 4.78 is 1.37. The van der Waals surface area contributed by atoms with E-state index in [2.05, 4.69) is 15.3 Å². The Morgan fingerprint density at radius 3 is 2.62 bits per heavy atom. The number of urea groups is 1. The van der Waals surface area contributed by atoms with Gasteiger partial charge in [0.2, 0.25) is 11.7 Å². The van der Waals surface area contributed by atoms with Gasteiger partial charge >= 0.3 is 11.9 Å². The van der Waals surface area contributed by atoms with E-state index in [4.69, 9.17) is 0 Å². The Labute approximate surface area is 173 Å². The monoisotopic (exact) mass is 414 g/mol. The van der Waals surface area contributed by atoms with E-state index in [1.165, 1.54) is 23.4 Å². The van der Waals surface area contributed by atoms with Crippen molar-refractivity contribution >= 4 is 52.0 Å². The highest BCUT2D eigenvalue weighted by atomic mass is 32.2. The molecule has 4 amide bonds. The summed E-state index contributed by atoms with van der Waals surface area (Å²) in [5.74, 6) is -0.353. The van der Waals surface area contributed by atoms with Crippen molar-refractivity contribution in [2.45, 2.75) is 20.8 Å². The topological polar surface area (TPSA) is 94.2 Å². The zero-order chi connectivity index (χ0) is 21.3. The number of hydrogen-bond acceptors (Lipinski definition) is 6. The molecule has 0 spiro atoms. The SMILES string of the molecule is Cc1ccccc1NC(=O)CSC1=NC(C(C)C)=NC2=[N+](C)C(=O)N(C)C(=O)C12. The molecule has 0 fully saturated rings. The van der Waals surface area contributed by atoms with Gasteiger partial charge in [-0.3, -0.25) is 9.59 Å². The van der Waals surface area contributed by atoms with Gasteiger partial charge < -0.3 is 5.32 Å². The molecule has 1 aromatic rings. The number of amidine groups is 2. The highest BCUT2D eigenvalue weighted by Gasteiger charge is 2.49. The summed E-state index contributed by atoms with van der Waals surface area (Å²) in [4.78, 5) is 47.6. The molecule has 1 atom stereocenters. The lowest BCUT2D eigenvalue weighted by molar-refractivity contribution is -0.407. The highest BCUT2D eigenvalue weighted by molar-refractivity contribution is 8.14. The molecule has 2 heterocycles. The Morgan fingerprint density at radius 2 is 1.97 bits per heavy atom. The number of carbonyl (C=O) groups is 3. The highest BCUT2D eigenvalue weighted by Crippen LogP contribution is 2.26. The average molecular weight is 415 g/mol. The van der Waals surface area contributed by atoms with Crippen LogP contribution in [0.3, 0.4) is 0 Å². The molecule has 0 saturated heterocycles. The fourth-order valence-electron chi connectivity index (χ4n) is 3.00. The van der Waals surface area contributed by atoms with Crippen molar-refractivity contribution < 1.29 is 19.0 Å². The molecule has 9 heteroatoms. The second-order valence-corrected chi connectivity index (χ2v) is 8.25. The van der Waals surface area contributed by atoms with Crippen molar-refractivity contribution in [3.05, 3.63) is 29.8 Å². The first-order chi connectivity index (χ1) is 13.7. The molecule has 0 saturated carbocycles. The van der Waals surface area contributed by atoms with E-state index in [-0.39, 0.29) is 23.5 Å². The third kappa shape index (κ3) is 4.14. The van der Waals surface area contributed by atoms with Crippen LogP contribution in [0, 0.1) is 18.8 Å². The van der Waals surface area contributed by atoms with Gasteiger partial charge in [0.25, 0.3) is 5.84 Å². The van der Waals surface area contributed by atoms with Crippen LogP contribution in [-0.2, 0) is 9.59 Å². The predicted molar refractivity (Wildman–Crippen MR) is 115 cm³/mol. The van der Waals surface area contributed by atoms with Gasteiger partial charge in [0.15, 0.2) is 5.92 Å². The lowest BCUT2D eigenvalue weighted by Gasteiger charge is -2.26. The quantitative estimate of drug-likeness (QED) is 0.766. The summed E-state index contributed by atoms with van der Waals surface area (Å²) in [7, 11) is 3.03. The number of para-hydroxylation sites is 1.